The number of hydrazone groups is 1. The van der Waals surface area contributed by atoms with Crippen molar-refractivity contribution in [1.29, 1.82) is 0 Å². The number of ether oxygens (including phenoxy) is 1. The molecule has 1 amide bonds. The van der Waals surface area contributed by atoms with Crippen LogP contribution in [0.4, 0.5) is 0 Å². The van der Waals surface area contributed by atoms with E-state index >= 15 is 0 Å². The summed E-state index contributed by atoms with van der Waals surface area (Å²) in [5.41, 5.74) is 3.57. The summed E-state index contributed by atoms with van der Waals surface area (Å²) in [4.78, 5) is 13.2. The number of piperidine rings is 1. The lowest BCUT2D eigenvalue weighted by atomic mass is 10.1. The van der Waals surface area contributed by atoms with Gasteiger partial charge in [-0.1, -0.05) is 0 Å². The van der Waals surface area contributed by atoms with E-state index in [2.05, 4.69) is 10.5 Å². The number of quaternary nitrogens is 1. The third kappa shape index (κ3) is 5.25. The van der Waals surface area contributed by atoms with Gasteiger partial charge in [0.1, 0.15) is 11.9 Å². The first-order valence-electron chi connectivity index (χ1n) is 8.29. The Morgan fingerprint density at radius 3 is 2.65 bits per heavy atom. The average Bonchev–Trinajstić information content (AvgIpc) is 2.53. The number of thioether (sulfide) groups is 1. The standard InChI is InChI=1S/C17H23N3O2S/c21-17(11-20-8-2-1-3-9-20)19-18-10-14-4-6-15(7-5-14)22-16-12-23-13-16/h4-7,10,16H,1-3,8-9,11-13H2,(H,19,21)/p+1. The van der Waals surface area contributed by atoms with E-state index in [0.717, 1.165) is 35.9 Å². The molecule has 23 heavy (non-hydrogen) atoms. The number of hydrogen-bond donors (Lipinski definition) is 2. The Morgan fingerprint density at radius 1 is 1.26 bits per heavy atom. The van der Waals surface area contributed by atoms with Gasteiger partial charge in [0.15, 0.2) is 6.54 Å². The van der Waals surface area contributed by atoms with Crippen LogP contribution in [0, 0.1) is 0 Å². The highest BCUT2D eigenvalue weighted by Gasteiger charge is 2.19. The molecular formula is C17H24N3O2S+. The van der Waals surface area contributed by atoms with E-state index in [4.69, 9.17) is 4.74 Å². The van der Waals surface area contributed by atoms with E-state index < -0.39 is 0 Å². The fourth-order valence-electron chi connectivity index (χ4n) is 2.78. The Morgan fingerprint density at radius 2 is 2.00 bits per heavy atom. The first kappa shape index (κ1) is 16.3. The molecule has 2 aliphatic rings. The Hall–Kier alpha value is -1.53. The Balaban J connectivity index is 1.40. The maximum Gasteiger partial charge on any atom is 0.295 e. The molecule has 1 aromatic rings. The van der Waals surface area contributed by atoms with Gasteiger partial charge in [-0.25, -0.2) is 5.43 Å². The van der Waals surface area contributed by atoms with Crippen molar-refractivity contribution in [1.82, 2.24) is 5.43 Å². The van der Waals surface area contributed by atoms with Crippen molar-refractivity contribution in [3.05, 3.63) is 29.8 Å². The molecule has 2 N–H and O–H groups in total. The zero-order valence-electron chi connectivity index (χ0n) is 13.3. The van der Waals surface area contributed by atoms with Gasteiger partial charge < -0.3 is 9.64 Å². The number of benzene rings is 1. The van der Waals surface area contributed by atoms with Gasteiger partial charge in [-0.2, -0.15) is 16.9 Å². The molecule has 6 heteroatoms. The fraction of sp³-hybridized carbons (Fsp3) is 0.529. The average molecular weight is 334 g/mol. The molecule has 0 aromatic heterocycles. The maximum atomic E-state index is 11.8. The van der Waals surface area contributed by atoms with Crippen LogP contribution in [-0.4, -0.2) is 49.4 Å². The fourth-order valence-corrected chi connectivity index (χ4v) is 3.35. The minimum Gasteiger partial charge on any atom is -0.489 e. The SMILES string of the molecule is O=C(C[NH+]1CCCCC1)NN=Cc1ccc(OC2CSC2)cc1. The summed E-state index contributed by atoms with van der Waals surface area (Å²) < 4.78 is 5.79. The van der Waals surface area contributed by atoms with E-state index in [1.54, 1.807) is 6.21 Å². The zero-order chi connectivity index (χ0) is 15.9. The Labute approximate surface area is 141 Å². The third-order valence-corrected chi connectivity index (χ3v) is 5.38. The minimum atomic E-state index is -0.0133. The number of hydrogen-bond acceptors (Lipinski definition) is 4. The molecule has 0 bridgehead atoms. The van der Waals surface area contributed by atoms with Gasteiger partial charge in [0.25, 0.3) is 5.91 Å². The lowest BCUT2D eigenvalue weighted by molar-refractivity contribution is -0.896. The highest BCUT2D eigenvalue weighted by Crippen LogP contribution is 2.23. The summed E-state index contributed by atoms with van der Waals surface area (Å²) in [6, 6.07) is 7.80. The maximum absolute atomic E-state index is 11.8. The number of nitrogens with zero attached hydrogens (tertiary/aromatic N) is 1. The monoisotopic (exact) mass is 334 g/mol. The summed E-state index contributed by atoms with van der Waals surface area (Å²) >= 11 is 1.91. The molecule has 2 heterocycles. The van der Waals surface area contributed by atoms with Crippen LogP contribution in [0.25, 0.3) is 0 Å². The number of likely N-dealkylation sites (tertiary alicyclic amines) is 1. The number of nitrogens with one attached hydrogen (secondary N) is 2. The lowest BCUT2D eigenvalue weighted by Crippen LogP contribution is -3.13. The zero-order valence-corrected chi connectivity index (χ0v) is 14.1. The van der Waals surface area contributed by atoms with Gasteiger partial charge in [-0.05, 0) is 49.1 Å². The highest BCUT2D eigenvalue weighted by molar-refractivity contribution is 8.00. The van der Waals surface area contributed by atoms with E-state index in [9.17, 15) is 4.79 Å². The van der Waals surface area contributed by atoms with Gasteiger partial charge in [0.2, 0.25) is 0 Å². The van der Waals surface area contributed by atoms with Gasteiger partial charge >= 0.3 is 0 Å². The van der Waals surface area contributed by atoms with Crippen molar-refractivity contribution in [3.63, 3.8) is 0 Å². The molecule has 0 radical (unpaired) electrons. The van der Waals surface area contributed by atoms with E-state index in [1.165, 1.54) is 24.2 Å². The molecule has 124 valence electrons. The number of rotatable bonds is 6. The molecule has 0 saturated carbocycles. The normalized spacial score (nSPS) is 19.5. The number of carbonyl (C=O) groups excluding carboxylic acids is 1. The first-order chi connectivity index (χ1) is 11.3. The van der Waals surface area contributed by atoms with Crippen LogP contribution >= 0.6 is 11.8 Å². The van der Waals surface area contributed by atoms with Crippen molar-refractivity contribution in [2.24, 2.45) is 5.10 Å². The van der Waals surface area contributed by atoms with Gasteiger partial charge in [-0.3, -0.25) is 4.79 Å². The second-order valence-corrected chi connectivity index (χ2v) is 7.20. The topological polar surface area (TPSA) is 55.1 Å². The smallest absolute Gasteiger partial charge is 0.295 e. The molecule has 0 unspecified atom stereocenters. The van der Waals surface area contributed by atoms with Crippen molar-refractivity contribution in [2.75, 3.05) is 31.1 Å². The number of amides is 1. The van der Waals surface area contributed by atoms with Gasteiger partial charge in [0.05, 0.1) is 19.3 Å². The molecule has 5 nitrogen and oxygen atoms in total. The molecule has 2 saturated heterocycles. The van der Waals surface area contributed by atoms with E-state index in [-0.39, 0.29) is 5.91 Å². The molecular weight excluding hydrogens is 310 g/mol. The van der Waals surface area contributed by atoms with Crippen molar-refractivity contribution in [3.8, 4) is 5.75 Å². The van der Waals surface area contributed by atoms with Crippen LogP contribution in [0.2, 0.25) is 0 Å². The molecule has 0 spiro atoms. The van der Waals surface area contributed by atoms with Crippen LogP contribution in [0.5, 0.6) is 5.75 Å². The summed E-state index contributed by atoms with van der Waals surface area (Å²) in [5, 5.41) is 4.04. The summed E-state index contributed by atoms with van der Waals surface area (Å²) in [6.07, 6.45) is 5.77. The first-order valence-corrected chi connectivity index (χ1v) is 9.45. The molecule has 3 rings (SSSR count). The molecule has 2 aliphatic heterocycles. The van der Waals surface area contributed by atoms with E-state index in [1.807, 2.05) is 36.0 Å². The van der Waals surface area contributed by atoms with Crippen LogP contribution in [0.3, 0.4) is 0 Å². The molecule has 0 atom stereocenters. The van der Waals surface area contributed by atoms with Crippen LogP contribution < -0.4 is 15.1 Å². The predicted octanol–water partition coefficient (Wildman–Crippen LogP) is 0.700. The van der Waals surface area contributed by atoms with Gasteiger partial charge in [0, 0.05) is 11.5 Å². The third-order valence-electron chi connectivity index (χ3n) is 4.16. The van der Waals surface area contributed by atoms with Crippen LogP contribution in [-0.2, 0) is 4.79 Å². The van der Waals surface area contributed by atoms with Crippen molar-refractivity contribution >= 4 is 23.9 Å². The summed E-state index contributed by atoms with van der Waals surface area (Å²) in [7, 11) is 0. The van der Waals surface area contributed by atoms with Crippen LogP contribution in [0.15, 0.2) is 29.4 Å². The summed E-state index contributed by atoms with van der Waals surface area (Å²) in [5.74, 6) is 3.04. The minimum absolute atomic E-state index is 0.0133. The Kier molecular flexibility index (Phi) is 5.93. The second kappa shape index (κ2) is 8.36. The molecule has 2 fully saturated rings. The highest BCUT2D eigenvalue weighted by atomic mass is 32.2. The lowest BCUT2D eigenvalue weighted by Gasteiger charge is -2.25. The molecule has 1 aromatic carbocycles. The van der Waals surface area contributed by atoms with Gasteiger partial charge in [-0.15, -0.1) is 0 Å². The quantitative estimate of drug-likeness (QED) is 0.595. The predicted molar refractivity (Wildman–Crippen MR) is 93.3 cm³/mol. The second-order valence-electron chi connectivity index (χ2n) is 6.13. The number of carbonyl (C=O) groups is 1. The Bertz CT molecular complexity index is 537. The largest absolute Gasteiger partial charge is 0.489 e. The van der Waals surface area contributed by atoms with Crippen molar-refractivity contribution < 1.29 is 14.4 Å². The summed E-state index contributed by atoms with van der Waals surface area (Å²) in [6.45, 7) is 2.71. The molecule has 0 aliphatic carbocycles. The van der Waals surface area contributed by atoms with Crippen molar-refractivity contribution in [2.45, 2.75) is 25.4 Å². The van der Waals surface area contributed by atoms with Crippen LogP contribution in [0.1, 0.15) is 24.8 Å². The van der Waals surface area contributed by atoms with E-state index in [0.29, 0.717) is 12.6 Å².